The Hall–Kier alpha value is 0.451. The topological polar surface area (TPSA) is 49.0 Å². The van der Waals surface area contributed by atoms with Crippen molar-refractivity contribution < 1.29 is 17.4 Å². The van der Waals surface area contributed by atoms with E-state index in [-0.39, 0.29) is 0 Å². The maximum Gasteiger partial charge on any atom is 0.500 e. The lowest BCUT2D eigenvalue weighted by molar-refractivity contribution is 0.0709. The van der Waals surface area contributed by atoms with Gasteiger partial charge in [-0.25, -0.2) is 0 Å². The van der Waals surface area contributed by atoms with Crippen LogP contribution in [0.3, 0.4) is 0 Å². The van der Waals surface area contributed by atoms with E-state index in [0.717, 1.165) is 29.5 Å². The molecule has 5 nitrogen and oxygen atoms in total. The lowest BCUT2D eigenvalue weighted by atomic mass is 10.5. The lowest BCUT2D eigenvalue weighted by Gasteiger charge is -2.29. The van der Waals surface area contributed by atoms with Crippen LogP contribution in [-0.4, -0.2) is 54.1 Å². The first-order valence-corrected chi connectivity index (χ1v) is 12.8. The Bertz CT molecular complexity index is 215. The minimum Gasteiger partial charge on any atom is -0.453 e. The average molecular weight is 326 g/mol. The van der Waals surface area contributed by atoms with E-state index in [2.05, 4.69) is 18.1 Å². The monoisotopic (exact) mass is 325 g/mol. The van der Waals surface area contributed by atoms with Gasteiger partial charge in [-0.2, -0.15) is 0 Å². The molecule has 19 heavy (non-hydrogen) atoms. The predicted octanol–water partition coefficient (Wildman–Crippen LogP) is 1.01. The van der Waals surface area contributed by atoms with E-state index >= 15 is 0 Å². The van der Waals surface area contributed by atoms with Crippen molar-refractivity contribution >= 4 is 27.8 Å². The van der Waals surface area contributed by atoms with E-state index in [4.69, 9.17) is 17.4 Å². The molecule has 0 saturated carbocycles. The molecule has 0 aliphatic heterocycles. The first kappa shape index (κ1) is 19.5. The van der Waals surface area contributed by atoms with Gasteiger partial charge in [-0.05, 0) is 46.8 Å². The van der Waals surface area contributed by atoms with Gasteiger partial charge in [0.2, 0.25) is 0 Å². The van der Waals surface area contributed by atoms with E-state index < -0.39 is 17.3 Å². The molecule has 0 spiro atoms. The fourth-order valence-electron chi connectivity index (χ4n) is 1.77. The second kappa shape index (κ2) is 10.2. The van der Waals surface area contributed by atoms with Gasteiger partial charge in [-0.1, -0.05) is 0 Å². The van der Waals surface area contributed by atoms with Gasteiger partial charge in [-0.3, -0.25) is 0 Å². The summed E-state index contributed by atoms with van der Waals surface area (Å²) in [6, 6.07) is 0.862. The van der Waals surface area contributed by atoms with E-state index in [1.54, 1.807) is 0 Å². The quantitative estimate of drug-likeness (QED) is 0.429. The van der Waals surface area contributed by atoms with Crippen molar-refractivity contribution in [3.8, 4) is 0 Å². The van der Waals surface area contributed by atoms with Crippen LogP contribution >= 0.6 is 0 Å². The highest BCUT2D eigenvalue weighted by molar-refractivity contribution is 6.71. The van der Waals surface area contributed by atoms with Gasteiger partial charge in [0.05, 0.1) is 0 Å². The van der Waals surface area contributed by atoms with Crippen molar-refractivity contribution in [1.82, 2.24) is 4.98 Å². The summed E-state index contributed by atoms with van der Waals surface area (Å²) in [6.07, 6.45) is 0.994. The minimum absolute atomic E-state index is 0.642. The van der Waals surface area contributed by atoms with Gasteiger partial charge >= 0.3 is 8.80 Å². The van der Waals surface area contributed by atoms with Crippen LogP contribution in [0.1, 0.15) is 27.2 Å². The van der Waals surface area contributed by atoms with Crippen LogP contribution < -0.4 is 4.98 Å². The first-order valence-electron chi connectivity index (χ1n) is 7.17. The zero-order valence-corrected chi connectivity index (χ0v) is 17.4. The third-order valence-corrected chi connectivity index (χ3v) is 11.1. The van der Waals surface area contributed by atoms with E-state index in [9.17, 15) is 0 Å². The second-order valence-electron chi connectivity index (χ2n) is 4.73. The van der Waals surface area contributed by atoms with E-state index in [1.807, 2.05) is 20.8 Å². The molecule has 0 aromatic heterocycles. The molecule has 116 valence electrons. The highest BCUT2D eigenvalue weighted by Gasteiger charge is 2.39. The summed E-state index contributed by atoms with van der Waals surface area (Å²) in [4.78, 5) is 3.51. The zero-order valence-electron chi connectivity index (χ0n) is 13.4. The minimum atomic E-state index is -2.46. The zero-order chi connectivity index (χ0) is 14.8. The van der Waals surface area contributed by atoms with Crippen LogP contribution in [-0.2, 0) is 17.4 Å². The van der Waals surface area contributed by atoms with Gasteiger partial charge in [0.1, 0.15) is 10.5 Å². The Balaban J connectivity index is 4.24. The fourth-order valence-corrected chi connectivity index (χ4v) is 5.74. The van der Waals surface area contributed by atoms with Crippen molar-refractivity contribution in [1.29, 1.82) is 0 Å². The molecule has 0 unspecified atom stereocenters. The van der Waals surface area contributed by atoms with Gasteiger partial charge in [0.25, 0.3) is 8.48 Å². The molecule has 0 heterocycles. The average Bonchev–Trinajstić information content (AvgIpc) is 2.36. The molecule has 0 fully saturated rings. The summed E-state index contributed by atoms with van der Waals surface area (Å²) in [5.74, 6) is 0. The standard InChI is InChI=1S/C11H31NO4Si3/c1-6-13-19(14-7-2,15-8-3)11-9-10-12-18(4,5)16-17/h12H,6-11H2,1-5,17H3. The van der Waals surface area contributed by atoms with Crippen molar-refractivity contribution in [2.45, 2.75) is 46.3 Å². The third-order valence-electron chi connectivity index (χ3n) is 2.81. The normalized spacial score (nSPS) is 13.1. The van der Waals surface area contributed by atoms with Crippen LogP contribution in [0.2, 0.25) is 19.1 Å². The van der Waals surface area contributed by atoms with Crippen molar-refractivity contribution in [2.24, 2.45) is 0 Å². The van der Waals surface area contributed by atoms with E-state index in [0.29, 0.717) is 19.8 Å². The molecule has 1 N–H and O–H groups in total. The molecule has 0 aromatic rings. The maximum atomic E-state index is 5.82. The summed E-state index contributed by atoms with van der Waals surface area (Å²) in [6.45, 7) is 13.2. The number of rotatable bonds is 12. The first-order chi connectivity index (χ1) is 8.95. The van der Waals surface area contributed by atoms with Crippen molar-refractivity contribution in [2.75, 3.05) is 26.4 Å². The summed E-state index contributed by atoms with van der Waals surface area (Å²) in [5, 5.41) is 0. The predicted molar refractivity (Wildman–Crippen MR) is 86.6 cm³/mol. The van der Waals surface area contributed by atoms with Gasteiger partial charge < -0.3 is 22.4 Å². The smallest absolute Gasteiger partial charge is 0.453 e. The number of hydrogen-bond acceptors (Lipinski definition) is 5. The van der Waals surface area contributed by atoms with Crippen LogP contribution in [0.15, 0.2) is 0 Å². The number of hydrogen-bond donors (Lipinski definition) is 1. The Morgan fingerprint density at radius 1 is 0.947 bits per heavy atom. The Kier molecular flexibility index (Phi) is 10.5. The maximum absolute atomic E-state index is 5.82. The molecular formula is C11H31NO4Si3. The van der Waals surface area contributed by atoms with Gasteiger partial charge in [0.15, 0.2) is 0 Å². The van der Waals surface area contributed by atoms with Crippen LogP contribution in [0, 0.1) is 0 Å². The van der Waals surface area contributed by atoms with Crippen LogP contribution in [0.25, 0.3) is 0 Å². The van der Waals surface area contributed by atoms with Crippen LogP contribution in [0.4, 0.5) is 0 Å². The van der Waals surface area contributed by atoms with Crippen molar-refractivity contribution in [3.05, 3.63) is 0 Å². The summed E-state index contributed by atoms with van der Waals surface area (Å²) < 4.78 is 23.1. The Morgan fingerprint density at radius 2 is 1.42 bits per heavy atom. The van der Waals surface area contributed by atoms with Gasteiger partial charge in [-0.15, -0.1) is 0 Å². The third kappa shape index (κ3) is 8.35. The SMILES string of the molecule is CCO[Si](CCCN[Si](C)(C)O[SiH3])(OCC)OCC. The lowest BCUT2D eigenvalue weighted by Crippen LogP contribution is -2.49. The Labute approximate surface area is 123 Å². The molecule has 0 saturated heterocycles. The molecule has 0 aliphatic rings. The summed E-state index contributed by atoms with van der Waals surface area (Å²) in [7, 11) is -3.29. The van der Waals surface area contributed by atoms with E-state index in [1.165, 1.54) is 0 Å². The molecule has 0 radical (unpaired) electrons. The molecule has 0 rings (SSSR count). The van der Waals surface area contributed by atoms with Crippen molar-refractivity contribution in [3.63, 3.8) is 0 Å². The second-order valence-corrected chi connectivity index (χ2v) is 12.5. The highest BCUT2D eigenvalue weighted by Crippen LogP contribution is 2.18. The highest BCUT2D eigenvalue weighted by atomic mass is 28.4. The molecular weight excluding hydrogens is 294 g/mol. The molecule has 0 amide bonds. The summed E-state index contributed by atoms with van der Waals surface area (Å²) >= 11 is 0. The Morgan fingerprint density at radius 3 is 1.79 bits per heavy atom. The molecule has 0 aromatic carbocycles. The molecule has 0 aliphatic carbocycles. The summed E-state index contributed by atoms with van der Waals surface area (Å²) in [5.41, 5.74) is 0. The largest absolute Gasteiger partial charge is 0.500 e. The van der Waals surface area contributed by atoms with Crippen LogP contribution in [0.5, 0.6) is 0 Å². The molecule has 0 bridgehead atoms. The molecule has 0 atom stereocenters. The van der Waals surface area contributed by atoms with Gasteiger partial charge in [0, 0.05) is 25.9 Å². The number of nitrogens with one attached hydrogen (secondary N) is 1. The molecule has 8 heteroatoms. The fraction of sp³-hybridized carbons (Fsp3) is 1.00.